The van der Waals surface area contributed by atoms with E-state index in [2.05, 4.69) is 10.7 Å². The predicted octanol–water partition coefficient (Wildman–Crippen LogP) is 2.69. The van der Waals surface area contributed by atoms with Crippen LogP contribution < -0.4 is 5.32 Å². The van der Waals surface area contributed by atoms with Crippen molar-refractivity contribution >= 4 is 23.0 Å². The van der Waals surface area contributed by atoms with Gasteiger partial charge in [-0.25, -0.2) is 4.79 Å². The Hall–Kier alpha value is -2.25. The molecular weight excluding hydrogens is 292 g/mol. The number of rotatable bonds is 7. The fraction of sp³-hybridized carbons (Fsp3) is 0.214. The number of carboxylic acids is 1. The van der Waals surface area contributed by atoms with Gasteiger partial charge in [0.2, 0.25) is 0 Å². The van der Waals surface area contributed by atoms with Crippen LogP contribution in [0.4, 0.5) is 5.69 Å². The van der Waals surface area contributed by atoms with Crippen LogP contribution in [0.5, 0.6) is 0 Å². The molecule has 0 aliphatic rings. The molecule has 0 fully saturated rings. The molecule has 2 aromatic rings. The van der Waals surface area contributed by atoms with Crippen molar-refractivity contribution in [3.8, 4) is 0 Å². The Kier molecular flexibility index (Phi) is 5.02. The highest BCUT2D eigenvalue weighted by Gasteiger charge is 2.22. The zero-order chi connectivity index (χ0) is 15.2. The van der Waals surface area contributed by atoms with Crippen molar-refractivity contribution in [2.45, 2.75) is 13.0 Å². The first kappa shape index (κ1) is 15.1. The van der Waals surface area contributed by atoms with Crippen LogP contribution in [-0.2, 0) is 13.0 Å². The van der Waals surface area contributed by atoms with Gasteiger partial charge in [-0.15, -0.1) is 0 Å². The van der Waals surface area contributed by atoms with E-state index in [0.29, 0.717) is 12.1 Å². The molecule has 0 spiro atoms. The quantitative estimate of drug-likeness (QED) is 0.466. The van der Waals surface area contributed by atoms with E-state index in [1.165, 1.54) is 17.7 Å². The van der Waals surface area contributed by atoms with Crippen LogP contribution in [0, 0.1) is 10.1 Å². The summed E-state index contributed by atoms with van der Waals surface area (Å²) in [6, 6.07) is 6.33. The number of carbonyl (C=O) groups is 1. The number of nitro benzene ring substituents is 1. The van der Waals surface area contributed by atoms with Crippen molar-refractivity contribution in [3.63, 3.8) is 0 Å². The van der Waals surface area contributed by atoms with E-state index < -0.39 is 10.9 Å². The number of hydrogen-bond donors (Lipinski definition) is 2. The number of thiophene rings is 1. The summed E-state index contributed by atoms with van der Waals surface area (Å²) in [6.45, 7) is 0.964. The van der Waals surface area contributed by atoms with E-state index in [1.54, 1.807) is 17.4 Å². The molecule has 0 aliphatic heterocycles. The molecule has 0 saturated heterocycles. The molecule has 0 bridgehead atoms. The van der Waals surface area contributed by atoms with Crippen molar-refractivity contribution in [2.24, 2.45) is 0 Å². The van der Waals surface area contributed by atoms with Gasteiger partial charge in [-0.3, -0.25) is 10.1 Å². The monoisotopic (exact) mass is 306 g/mol. The van der Waals surface area contributed by atoms with Crippen LogP contribution in [0.15, 0.2) is 35.0 Å². The minimum Gasteiger partial charge on any atom is -0.477 e. The first-order valence-corrected chi connectivity index (χ1v) is 7.25. The minimum atomic E-state index is -1.28. The Morgan fingerprint density at radius 3 is 2.81 bits per heavy atom. The number of aromatic carboxylic acids is 1. The third-order valence-corrected chi connectivity index (χ3v) is 3.76. The van der Waals surface area contributed by atoms with Gasteiger partial charge >= 0.3 is 5.97 Å². The van der Waals surface area contributed by atoms with Crippen molar-refractivity contribution < 1.29 is 14.8 Å². The minimum absolute atomic E-state index is 0.245. The Morgan fingerprint density at radius 2 is 2.19 bits per heavy atom. The van der Waals surface area contributed by atoms with Gasteiger partial charge in [0.05, 0.1) is 4.92 Å². The molecule has 0 saturated carbocycles. The van der Waals surface area contributed by atoms with Gasteiger partial charge in [-0.1, -0.05) is 12.1 Å². The molecule has 7 heteroatoms. The van der Waals surface area contributed by atoms with Gasteiger partial charge in [0, 0.05) is 12.6 Å². The summed E-state index contributed by atoms with van der Waals surface area (Å²) < 4.78 is 0. The number of nitrogens with one attached hydrogen (secondary N) is 1. The van der Waals surface area contributed by atoms with E-state index in [4.69, 9.17) is 0 Å². The largest absolute Gasteiger partial charge is 0.477 e. The second-order valence-electron chi connectivity index (χ2n) is 4.43. The standard InChI is InChI=1S/C14H14N2O4S/c17-14(18)13-11(2-1-3-12(13)16(19)20)8-15-6-4-10-5-7-21-9-10/h1-3,5,7,9,15H,4,6,8H2,(H,17,18). The molecule has 6 nitrogen and oxygen atoms in total. The first-order valence-electron chi connectivity index (χ1n) is 6.31. The normalized spacial score (nSPS) is 10.5. The average molecular weight is 306 g/mol. The number of carboxylic acid groups (broad SMARTS) is 1. The lowest BCUT2D eigenvalue weighted by Crippen LogP contribution is -2.19. The molecule has 1 aromatic carbocycles. The second kappa shape index (κ2) is 6.96. The molecule has 1 aromatic heterocycles. The summed E-state index contributed by atoms with van der Waals surface area (Å²) in [6.07, 6.45) is 0.834. The van der Waals surface area contributed by atoms with Gasteiger partial charge in [-0.05, 0) is 40.9 Å². The molecular formula is C14H14N2O4S. The van der Waals surface area contributed by atoms with Gasteiger partial charge in [-0.2, -0.15) is 11.3 Å². The van der Waals surface area contributed by atoms with Crippen LogP contribution in [0.1, 0.15) is 21.5 Å². The highest BCUT2D eigenvalue weighted by atomic mass is 32.1. The van der Waals surface area contributed by atoms with Crippen LogP contribution in [0.2, 0.25) is 0 Å². The van der Waals surface area contributed by atoms with Crippen LogP contribution in [-0.4, -0.2) is 22.5 Å². The molecule has 1 heterocycles. The van der Waals surface area contributed by atoms with Crippen molar-refractivity contribution in [3.05, 3.63) is 61.8 Å². The van der Waals surface area contributed by atoms with E-state index in [0.717, 1.165) is 6.42 Å². The third-order valence-electron chi connectivity index (χ3n) is 3.03. The highest BCUT2D eigenvalue weighted by Crippen LogP contribution is 2.22. The Morgan fingerprint density at radius 1 is 1.38 bits per heavy atom. The lowest BCUT2D eigenvalue weighted by Gasteiger charge is -2.08. The van der Waals surface area contributed by atoms with E-state index in [-0.39, 0.29) is 17.8 Å². The number of hydrogen-bond acceptors (Lipinski definition) is 5. The molecule has 110 valence electrons. The lowest BCUT2D eigenvalue weighted by atomic mass is 10.1. The Labute approximate surface area is 125 Å². The van der Waals surface area contributed by atoms with Gasteiger partial charge in [0.15, 0.2) is 0 Å². The van der Waals surface area contributed by atoms with Crippen molar-refractivity contribution in [1.29, 1.82) is 0 Å². The maximum Gasteiger partial charge on any atom is 0.343 e. The van der Waals surface area contributed by atoms with Crippen molar-refractivity contribution in [2.75, 3.05) is 6.54 Å². The summed E-state index contributed by atoms with van der Waals surface area (Å²) in [5, 5.41) is 27.2. The maximum absolute atomic E-state index is 11.2. The molecule has 0 atom stereocenters. The molecule has 21 heavy (non-hydrogen) atoms. The molecule has 0 unspecified atom stereocenters. The fourth-order valence-electron chi connectivity index (χ4n) is 2.02. The summed E-state index contributed by atoms with van der Waals surface area (Å²) in [5.41, 5.74) is 1.01. The Balaban J connectivity index is 2.04. The van der Waals surface area contributed by atoms with E-state index >= 15 is 0 Å². The van der Waals surface area contributed by atoms with Gasteiger partial charge in [0.1, 0.15) is 5.56 Å². The average Bonchev–Trinajstić information content (AvgIpc) is 2.96. The van der Waals surface area contributed by atoms with Crippen molar-refractivity contribution in [1.82, 2.24) is 5.32 Å². The molecule has 2 N–H and O–H groups in total. The van der Waals surface area contributed by atoms with Crippen LogP contribution in [0.3, 0.4) is 0 Å². The van der Waals surface area contributed by atoms with Crippen LogP contribution in [0.25, 0.3) is 0 Å². The summed E-state index contributed by atoms with van der Waals surface area (Å²) >= 11 is 1.63. The van der Waals surface area contributed by atoms with E-state index in [9.17, 15) is 20.0 Å². The highest BCUT2D eigenvalue weighted by molar-refractivity contribution is 7.07. The Bertz CT molecular complexity index is 640. The maximum atomic E-state index is 11.2. The first-order chi connectivity index (χ1) is 10.1. The predicted molar refractivity (Wildman–Crippen MR) is 79.8 cm³/mol. The SMILES string of the molecule is O=C(O)c1c(CNCCc2ccsc2)cccc1[N+](=O)[O-]. The smallest absolute Gasteiger partial charge is 0.343 e. The van der Waals surface area contributed by atoms with Gasteiger partial charge < -0.3 is 10.4 Å². The number of nitrogens with zero attached hydrogens (tertiary/aromatic N) is 1. The molecule has 0 radical (unpaired) electrons. The molecule has 0 aliphatic carbocycles. The molecule has 2 rings (SSSR count). The summed E-state index contributed by atoms with van der Waals surface area (Å²) in [4.78, 5) is 21.5. The number of nitro groups is 1. The van der Waals surface area contributed by atoms with E-state index in [1.807, 2.05) is 11.4 Å². The third kappa shape index (κ3) is 3.87. The summed E-state index contributed by atoms with van der Waals surface area (Å²) in [5.74, 6) is -1.28. The van der Waals surface area contributed by atoms with Crippen LogP contribution >= 0.6 is 11.3 Å². The fourth-order valence-corrected chi connectivity index (χ4v) is 2.73. The topological polar surface area (TPSA) is 92.5 Å². The zero-order valence-electron chi connectivity index (χ0n) is 11.1. The molecule has 0 amide bonds. The lowest BCUT2D eigenvalue weighted by molar-refractivity contribution is -0.385. The zero-order valence-corrected chi connectivity index (χ0v) is 11.9. The van der Waals surface area contributed by atoms with Gasteiger partial charge in [0.25, 0.3) is 5.69 Å². The second-order valence-corrected chi connectivity index (χ2v) is 5.21. The summed E-state index contributed by atoms with van der Waals surface area (Å²) in [7, 11) is 0. The number of benzene rings is 1.